The molecule has 4 aromatic rings. The van der Waals surface area contributed by atoms with Gasteiger partial charge in [-0.25, -0.2) is 4.98 Å². The van der Waals surface area contributed by atoms with Crippen molar-refractivity contribution in [1.29, 1.82) is 0 Å². The van der Waals surface area contributed by atoms with Crippen molar-refractivity contribution in [2.75, 3.05) is 0 Å². The van der Waals surface area contributed by atoms with Crippen LogP contribution in [0.4, 0.5) is 0 Å². The third-order valence-electron chi connectivity index (χ3n) is 4.88. The van der Waals surface area contributed by atoms with E-state index in [1.807, 2.05) is 12.1 Å². The molecule has 0 fully saturated rings. The van der Waals surface area contributed by atoms with E-state index in [1.54, 1.807) is 0 Å². The Balaban J connectivity index is 1.81. The minimum atomic E-state index is 0.608. The first-order chi connectivity index (χ1) is 12.2. The summed E-state index contributed by atoms with van der Waals surface area (Å²) in [5.74, 6) is 2.38. The van der Waals surface area contributed by atoms with Crippen LogP contribution in [0.25, 0.3) is 32.9 Å². The molecular weight excluding hydrogens is 306 g/mol. The fourth-order valence-corrected chi connectivity index (χ4v) is 3.83. The van der Waals surface area contributed by atoms with Crippen LogP contribution in [-0.4, -0.2) is 4.98 Å². The first-order valence-corrected chi connectivity index (χ1v) is 8.83. The van der Waals surface area contributed by atoms with Crippen LogP contribution in [0.5, 0.6) is 11.5 Å². The van der Waals surface area contributed by atoms with Gasteiger partial charge in [0.2, 0.25) is 0 Å². The van der Waals surface area contributed by atoms with Gasteiger partial charge >= 0.3 is 0 Å². The van der Waals surface area contributed by atoms with E-state index in [4.69, 9.17) is 9.72 Å². The first kappa shape index (κ1) is 14.5. The fraction of sp³-hybridized carbons (Fsp3) is 0.174. The zero-order valence-corrected chi connectivity index (χ0v) is 14.4. The van der Waals surface area contributed by atoms with Gasteiger partial charge in [-0.3, -0.25) is 0 Å². The van der Waals surface area contributed by atoms with Gasteiger partial charge in [0.15, 0.2) is 5.75 Å². The molecule has 0 atom stereocenters. The molecule has 3 aromatic carbocycles. The second-order valence-corrected chi connectivity index (χ2v) is 7.18. The minimum Gasteiger partial charge on any atom is -0.454 e. The Morgan fingerprint density at radius 1 is 0.920 bits per heavy atom. The van der Waals surface area contributed by atoms with Crippen LogP contribution in [0, 0.1) is 5.92 Å². The lowest BCUT2D eigenvalue weighted by molar-refractivity contribution is 0.485. The maximum absolute atomic E-state index is 6.26. The number of fused-ring (bicyclic) bond motifs is 3. The molecular formula is C23H19NO. The molecule has 2 nitrogen and oxygen atoms in total. The molecule has 1 aliphatic rings. The molecule has 0 bridgehead atoms. The summed E-state index contributed by atoms with van der Waals surface area (Å²) >= 11 is 0. The molecule has 0 radical (unpaired) electrons. The average Bonchev–Trinajstić information content (AvgIpc) is 2.61. The zero-order valence-electron chi connectivity index (χ0n) is 14.4. The van der Waals surface area contributed by atoms with Crippen molar-refractivity contribution in [3.8, 4) is 22.8 Å². The Hall–Kier alpha value is -2.87. The summed E-state index contributed by atoms with van der Waals surface area (Å²) in [6.45, 7) is 4.50. The van der Waals surface area contributed by atoms with Gasteiger partial charge in [0.1, 0.15) is 11.4 Å². The maximum Gasteiger partial charge on any atom is 0.154 e. The van der Waals surface area contributed by atoms with Gasteiger partial charge in [0, 0.05) is 16.3 Å². The number of hydrogen-bond donors (Lipinski definition) is 0. The standard InChI is InChI=1S/C23H19NO/c1-14(2)12-16-8-4-10-19-18(16)13-21-23(24-19)17-9-3-6-15-7-5-11-20(25-21)22(15)17/h3-11,13-14H,12H2,1-2H3. The van der Waals surface area contributed by atoms with Gasteiger partial charge in [0.25, 0.3) is 0 Å². The minimum absolute atomic E-state index is 0.608. The largest absolute Gasteiger partial charge is 0.454 e. The molecule has 1 aromatic heterocycles. The molecule has 25 heavy (non-hydrogen) atoms. The third-order valence-corrected chi connectivity index (χ3v) is 4.88. The van der Waals surface area contributed by atoms with Gasteiger partial charge in [-0.15, -0.1) is 0 Å². The van der Waals surface area contributed by atoms with Crippen LogP contribution in [0.15, 0.2) is 60.7 Å². The Labute approximate surface area is 147 Å². The van der Waals surface area contributed by atoms with Crippen LogP contribution >= 0.6 is 0 Å². The molecule has 0 aliphatic carbocycles. The van der Waals surface area contributed by atoms with Crippen molar-refractivity contribution in [3.63, 3.8) is 0 Å². The molecule has 2 heterocycles. The summed E-state index contributed by atoms with van der Waals surface area (Å²) in [6.07, 6.45) is 1.05. The Morgan fingerprint density at radius 3 is 2.56 bits per heavy atom. The lowest BCUT2D eigenvalue weighted by Gasteiger charge is -2.21. The average molecular weight is 325 g/mol. The number of ether oxygens (including phenoxy) is 1. The van der Waals surface area contributed by atoms with Gasteiger partial charge in [0.05, 0.1) is 5.52 Å². The van der Waals surface area contributed by atoms with E-state index in [-0.39, 0.29) is 0 Å². The third kappa shape index (κ3) is 2.21. The van der Waals surface area contributed by atoms with Crippen LogP contribution in [0.2, 0.25) is 0 Å². The van der Waals surface area contributed by atoms with Gasteiger partial charge in [-0.1, -0.05) is 56.3 Å². The summed E-state index contributed by atoms with van der Waals surface area (Å²) in [6, 6.07) is 21.2. The summed E-state index contributed by atoms with van der Waals surface area (Å²) in [4.78, 5) is 4.98. The highest BCUT2D eigenvalue weighted by molar-refractivity contribution is 6.04. The van der Waals surface area contributed by atoms with Gasteiger partial charge in [-0.05, 0) is 41.5 Å². The number of hydrogen-bond acceptors (Lipinski definition) is 2. The SMILES string of the molecule is CC(C)Cc1cccc2nc3c(cc12)Oc1cccc2cccc-3c12. The highest BCUT2D eigenvalue weighted by atomic mass is 16.5. The molecule has 1 aliphatic heterocycles. The fourth-order valence-electron chi connectivity index (χ4n) is 3.83. The molecule has 122 valence electrons. The van der Waals surface area contributed by atoms with Crippen molar-refractivity contribution >= 4 is 21.7 Å². The Bertz CT molecular complexity index is 1120. The number of nitrogens with zero attached hydrogens (tertiary/aromatic N) is 1. The monoisotopic (exact) mass is 325 g/mol. The summed E-state index contributed by atoms with van der Waals surface area (Å²) < 4.78 is 6.26. The normalized spacial score (nSPS) is 12.4. The molecule has 2 heteroatoms. The predicted octanol–water partition coefficient (Wildman–Crippen LogP) is 6.36. The Kier molecular flexibility index (Phi) is 3.08. The van der Waals surface area contributed by atoms with E-state index >= 15 is 0 Å². The zero-order chi connectivity index (χ0) is 17.0. The van der Waals surface area contributed by atoms with E-state index in [9.17, 15) is 0 Å². The number of rotatable bonds is 2. The summed E-state index contributed by atoms with van der Waals surface area (Å²) in [5, 5.41) is 3.54. The number of benzene rings is 3. The molecule has 0 amide bonds. The van der Waals surface area contributed by atoms with E-state index in [0.717, 1.165) is 40.1 Å². The van der Waals surface area contributed by atoms with Crippen LogP contribution in [-0.2, 0) is 6.42 Å². The quantitative estimate of drug-likeness (QED) is 0.377. The van der Waals surface area contributed by atoms with Crippen LogP contribution < -0.4 is 4.74 Å². The lowest BCUT2D eigenvalue weighted by Crippen LogP contribution is -2.01. The van der Waals surface area contributed by atoms with E-state index in [0.29, 0.717) is 5.92 Å². The number of aromatic nitrogens is 1. The van der Waals surface area contributed by atoms with Crippen LogP contribution in [0.3, 0.4) is 0 Å². The molecule has 0 saturated carbocycles. The first-order valence-electron chi connectivity index (χ1n) is 8.83. The van der Waals surface area contributed by atoms with E-state index < -0.39 is 0 Å². The van der Waals surface area contributed by atoms with Crippen molar-refractivity contribution in [1.82, 2.24) is 4.98 Å². The van der Waals surface area contributed by atoms with E-state index in [1.165, 1.54) is 16.3 Å². The van der Waals surface area contributed by atoms with Gasteiger partial charge in [-0.2, -0.15) is 0 Å². The second-order valence-electron chi connectivity index (χ2n) is 7.18. The smallest absolute Gasteiger partial charge is 0.154 e. The van der Waals surface area contributed by atoms with Crippen molar-refractivity contribution in [2.24, 2.45) is 5.92 Å². The van der Waals surface area contributed by atoms with E-state index in [2.05, 4.69) is 62.4 Å². The van der Waals surface area contributed by atoms with Crippen molar-refractivity contribution in [3.05, 3.63) is 66.2 Å². The highest BCUT2D eigenvalue weighted by Gasteiger charge is 2.22. The summed E-state index contributed by atoms with van der Waals surface area (Å²) in [7, 11) is 0. The Morgan fingerprint density at radius 2 is 1.72 bits per heavy atom. The molecule has 0 saturated heterocycles. The van der Waals surface area contributed by atoms with Crippen molar-refractivity contribution in [2.45, 2.75) is 20.3 Å². The molecule has 0 unspecified atom stereocenters. The van der Waals surface area contributed by atoms with Crippen molar-refractivity contribution < 1.29 is 4.74 Å². The predicted molar refractivity (Wildman–Crippen MR) is 103 cm³/mol. The summed E-state index contributed by atoms with van der Waals surface area (Å²) in [5.41, 5.74) is 4.48. The second kappa shape index (κ2) is 5.32. The molecule has 5 rings (SSSR count). The molecule has 0 N–H and O–H groups in total. The van der Waals surface area contributed by atoms with Crippen LogP contribution in [0.1, 0.15) is 19.4 Å². The molecule has 0 spiro atoms. The lowest BCUT2D eigenvalue weighted by atomic mass is 9.95. The highest BCUT2D eigenvalue weighted by Crippen LogP contribution is 2.46. The maximum atomic E-state index is 6.26. The topological polar surface area (TPSA) is 22.1 Å². The number of pyridine rings is 1. The van der Waals surface area contributed by atoms with Gasteiger partial charge < -0.3 is 4.74 Å².